The second kappa shape index (κ2) is 9.39. The third kappa shape index (κ3) is 5.09. The molecule has 4 nitrogen and oxygen atoms in total. The molecule has 0 amide bonds. The molecule has 0 spiro atoms. The Hall–Kier alpha value is -2.33. The zero-order valence-electron chi connectivity index (χ0n) is 15.8. The Balaban J connectivity index is 1.43. The van der Waals surface area contributed by atoms with Crippen LogP contribution in [0.2, 0.25) is 0 Å². The molecular formula is C22H29N3O. The normalized spacial score (nSPS) is 17.5. The van der Waals surface area contributed by atoms with Gasteiger partial charge in [-0.3, -0.25) is 4.99 Å². The molecule has 1 unspecified atom stereocenters. The van der Waals surface area contributed by atoms with E-state index in [2.05, 4.69) is 70.7 Å². The van der Waals surface area contributed by atoms with Crippen molar-refractivity contribution in [2.45, 2.75) is 26.5 Å². The van der Waals surface area contributed by atoms with E-state index in [1.165, 1.54) is 16.7 Å². The second-order valence-corrected chi connectivity index (χ2v) is 6.93. The van der Waals surface area contributed by atoms with E-state index in [4.69, 9.17) is 4.74 Å². The minimum Gasteiger partial charge on any atom is -0.376 e. The minimum absolute atomic E-state index is 0.565. The summed E-state index contributed by atoms with van der Waals surface area (Å²) in [5.41, 5.74) is 3.86. The zero-order valence-corrected chi connectivity index (χ0v) is 15.8. The summed E-state index contributed by atoms with van der Waals surface area (Å²) in [5, 5.41) is 3.51. The number of likely N-dealkylation sites (tertiary alicyclic amines) is 1. The van der Waals surface area contributed by atoms with Crippen molar-refractivity contribution in [2.24, 2.45) is 10.9 Å². The molecule has 0 aliphatic carbocycles. The maximum absolute atomic E-state index is 5.92. The highest BCUT2D eigenvalue weighted by Gasteiger charge is 2.24. The molecule has 1 aliphatic rings. The first-order chi connectivity index (χ1) is 12.8. The molecule has 3 rings (SSSR count). The molecule has 2 aromatic rings. The Kier molecular flexibility index (Phi) is 6.67. The Bertz CT molecular complexity index is 714. The van der Waals surface area contributed by atoms with Gasteiger partial charge in [0.2, 0.25) is 0 Å². The predicted molar refractivity (Wildman–Crippen MR) is 107 cm³/mol. The van der Waals surface area contributed by atoms with Gasteiger partial charge in [0, 0.05) is 32.6 Å². The summed E-state index contributed by atoms with van der Waals surface area (Å²) in [6.07, 6.45) is 1.15. The lowest BCUT2D eigenvalue weighted by Crippen LogP contribution is -2.40. The van der Waals surface area contributed by atoms with Crippen LogP contribution in [0.15, 0.2) is 59.6 Å². The van der Waals surface area contributed by atoms with Gasteiger partial charge in [-0.1, -0.05) is 54.6 Å². The lowest BCUT2D eigenvalue weighted by molar-refractivity contribution is 0.0906. The number of aliphatic imine (C=N–C) groups is 1. The van der Waals surface area contributed by atoms with Gasteiger partial charge in [0.25, 0.3) is 0 Å². The largest absolute Gasteiger partial charge is 0.376 e. The van der Waals surface area contributed by atoms with Crippen molar-refractivity contribution >= 4 is 5.96 Å². The molecule has 1 heterocycles. The first kappa shape index (κ1) is 18.5. The number of rotatable bonds is 6. The smallest absolute Gasteiger partial charge is 0.193 e. The van der Waals surface area contributed by atoms with Crippen LogP contribution in [-0.2, 0) is 17.9 Å². The highest BCUT2D eigenvalue weighted by Crippen LogP contribution is 2.17. The van der Waals surface area contributed by atoms with Crippen LogP contribution in [0, 0.1) is 12.8 Å². The van der Waals surface area contributed by atoms with Crippen molar-refractivity contribution < 1.29 is 4.74 Å². The van der Waals surface area contributed by atoms with Crippen molar-refractivity contribution in [3.63, 3.8) is 0 Å². The van der Waals surface area contributed by atoms with E-state index in [1.807, 2.05) is 13.1 Å². The van der Waals surface area contributed by atoms with E-state index in [0.717, 1.165) is 38.6 Å². The topological polar surface area (TPSA) is 36.9 Å². The summed E-state index contributed by atoms with van der Waals surface area (Å²) in [5.74, 6) is 1.55. The van der Waals surface area contributed by atoms with Gasteiger partial charge in [0.15, 0.2) is 5.96 Å². The van der Waals surface area contributed by atoms with Crippen LogP contribution in [-0.4, -0.2) is 37.6 Å². The zero-order chi connectivity index (χ0) is 18.2. The number of nitrogens with one attached hydrogen (secondary N) is 1. The van der Waals surface area contributed by atoms with Crippen LogP contribution in [0.25, 0.3) is 0 Å². The van der Waals surface area contributed by atoms with Crippen molar-refractivity contribution in [3.05, 3.63) is 71.3 Å². The SMILES string of the molecule is CN=C(NCc1ccccc1C)N1CCC(COCc2ccccc2)C1. The summed E-state index contributed by atoms with van der Waals surface area (Å²) >= 11 is 0. The quantitative estimate of drug-likeness (QED) is 0.638. The van der Waals surface area contributed by atoms with E-state index in [-0.39, 0.29) is 0 Å². The molecule has 1 N–H and O–H groups in total. The number of hydrogen-bond donors (Lipinski definition) is 1. The van der Waals surface area contributed by atoms with E-state index in [0.29, 0.717) is 12.5 Å². The monoisotopic (exact) mass is 351 g/mol. The van der Waals surface area contributed by atoms with Gasteiger partial charge in [-0.05, 0) is 30.0 Å². The highest BCUT2D eigenvalue weighted by molar-refractivity contribution is 5.80. The predicted octanol–water partition coefficient (Wildman–Crippen LogP) is 3.61. The summed E-state index contributed by atoms with van der Waals surface area (Å²) < 4.78 is 5.92. The molecule has 2 aromatic carbocycles. The minimum atomic E-state index is 0.565. The molecule has 0 saturated carbocycles. The standard InChI is InChI=1S/C22H29N3O/c1-18-8-6-7-11-21(18)14-24-22(23-2)25-13-12-20(15-25)17-26-16-19-9-4-3-5-10-19/h3-11,20H,12-17H2,1-2H3,(H,23,24). The Labute approximate surface area is 156 Å². The van der Waals surface area contributed by atoms with Gasteiger partial charge in [0.05, 0.1) is 13.2 Å². The van der Waals surface area contributed by atoms with Crippen molar-refractivity contribution in [1.29, 1.82) is 0 Å². The summed E-state index contributed by atoms with van der Waals surface area (Å²) in [6, 6.07) is 18.8. The first-order valence-electron chi connectivity index (χ1n) is 9.38. The number of guanidine groups is 1. The Morgan fingerprint density at radius 1 is 1.15 bits per heavy atom. The van der Waals surface area contributed by atoms with Crippen molar-refractivity contribution in [3.8, 4) is 0 Å². The Morgan fingerprint density at radius 3 is 2.69 bits per heavy atom. The summed E-state index contributed by atoms with van der Waals surface area (Å²) in [4.78, 5) is 6.81. The lowest BCUT2D eigenvalue weighted by Gasteiger charge is -2.22. The van der Waals surface area contributed by atoms with E-state index < -0.39 is 0 Å². The molecule has 0 bridgehead atoms. The first-order valence-corrected chi connectivity index (χ1v) is 9.38. The lowest BCUT2D eigenvalue weighted by atomic mass is 10.1. The van der Waals surface area contributed by atoms with E-state index in [9.17, 15) is 0 Å². The van der Waals surface area contributed by atoms with Gasteiger partial charge >= 0.3 is 0 Å². The van der Waals surface area contributed by atoms with Crippen LogP contribution < -0.4 is 5.32 Å². The fraction of sp³-hybridized carbons (Fsp3) is 0.409. The molecule has 0 radical (unpaired) electrons. The maximum atomic E-state index is 5.92. The molecule has 1 fully saturated rings. The van der Waals surface area contributed by atoms with Crippen LogP contribution in [0.1, 0.15) is 23.1 Å². The van der Waals surface area contributed by atoms with Crippen LogP contribution in [0.4, 0.5) is 0 Å². The summed E-state index contributed by atoms with van der Waals surface area (Å²) in [7, 11) is 1.86. The number of ether oxygens (including phenoxy) is 1. The number of benzene rings is 2. The number of hydrogen-bond acceptors (Lipinski definition) is 2. The van der Waals surface area contributed by atoms with Crippen molar-refractivity contribution in [2.75, 3.05) is 26.7 Å². The fourth-order valence-corrected chi connectivity index (χ4v) is 3.39. The van der Waals surface area contributed by atoms with Crippen LogP contribution in [0.5, 0.6) is 0 Å². The average molecular weight is 351 g/mol. The fourth-order valence-electron chi connectivity index (χ4n) is 3.39. The molecule has 0 aromatic heterocycles. The highest BCUT2D eigenvalue weighted by atomic mass is 16.5. The average Bonchev–Trinajstić information content (AvgIpc) is 3.13. The summed E-state index contributed by atoms with van der Waals surface area (Å²) in [6.45, 7) is 6.49. The van der Waals surface area contributed by atoms with E-state index in [1.54, 1.807) is 0 Å². The number of nitrogens with zero attached hydrogens (tertiary/aromatic N) is 2. The second-order valence-electron chi connectivity index (χ2n) is 6.93. The van der Waals surface area contributed by atoms with Gasteiger partial charge in [-0.15, -0.1) is 0 Å². The van der Waals surface area contributed by atoms with Crippen LogP contribution in [0.3, 0.4) is 0 Å². The van der Waals surface area contributed by atoms with Gasteiger partial charge in [0.1, 0.15) is 0 Å². The molecule has 1 aliphatic heterocycles. The molecule has 138 valence electrons. The molecular weight excluding hydrogens is 322 g/mol. The van der Waals surface area contributed by atoms with Gasteiger partial charge in [-0.25, -0.2) is 0 Å². The number of aryl methyl sites for hydroxylation is 1. The van der Waals surface area contributed by atoms with Gasteiger partial charge < -0.3 is 15.0 Å². The van der Waals surface area contributed by atoms with Crippen molar-refractivity contribution in [1.82, 2.24) is 10.2 Å². The van der Waals surface area contributed by atoms with Crippen LogP contribution >= 0.6 is 0 Å². The molecule has 4 heteroatoms. The Morgan fingerprint density at radius 2 is 1.92 bits per heavy atom. The third-order valence-electron chi connectivity index (χ3n) is 4.96. The molecule has 1 atom stereocenters. The molecule has 26 heavy (non-hydrogen) atoms. The molecule has 1 saturated heterocycles. The third-order valence-corrected chi connectivity index (χ3v) is 4.96. The van der Waals surface area contributed by atoms with Gasteiger partial charge in [-0.2, -0.15) is 0 Å². The maximum Gasteiger partial charge on any atom is 0.193 e. The van der Waals surface area contributed by atoms with E-state index >= 15 is 0 Å².